The Morgan fingerprint density at radius 1 is 0.913 bits per heavy atom. The number of nitrogens with zero attached hydrogens (tertiary/aromatic N) is 3. The van der Waals surface area contributed by atoms with Gasteiger partial charge in [-0.3, -0.25) is 4.79 Å². The van der Waals surface area contributed by atoms with Crippen molar-refractivity contribution in [3.8, 4) is 22.8 Å². The van der Waals surface area contributed by atoms with E-state index in [1.807, 2.05) is 44.2 Å². The van der Waals surface area contributed by atoms with E-state index in [0.717, 1.165) is 18.4 Å². The molecule has 2 aromatic carbocycles. The highest BCUT2D eigenvalue weighted by atomic mass is 16.6. The molecule has 0 aliphatic rings. The largest absolute Gasteiger partial charge is 0.465 e. The first-order valence-electron chi connectivity index (χ1n) is 15.4. The van der Waals surface area contributed by atoms with Crippen LogP contribution in [0.4, 0.5) is 4.79 Å². The molecule has 1 atom stereocenters. The zero-order valence-corrected chi connectivity index (χ0v) is 27.5. The number of rotatable bonds is 12. The van der Waals surface area contributed by atoms with E-state index in [0.29, 0.717) is 36.2 Å². The van der Waals surface area contributed by atoms with Crippen LogP contribution in [0.3, 0.4) is 0 Å². The third-order valence-corrected chi connectivity index (χ3v) is 7.11. The highest BCUT2D eigenvalue weighted by Gasteiger charge is 2.37. The molecule has 4 aromatic rings. The van der Waals surface area contributed by atoms with Crippen molar-refractivity contribution in [2.45, 2.75) is 71.9 Å². The van der Waals surface area contributed by atoms with Crippen molar-refractivity contribution < 1.29 is 32.7 Å². The molecule has 2 amide bonds. The lowest BCUT2D eigenvalue weighted by atomic mass is 9.92. The SMILES string of the molecule is CCCN(CCC)C(=O)c1cc(-c2nnc(C(C)(Cc3ccccc3)NC(=O)OC(C)(C)C)o2)cc(-c2occc2C(=O)OC)c1. The molecule has 0 aliphatic carbocycles. The third kappa shape index (κ3) is 8.21. The van der Waals surface area contributed by atoms with Crippen molar-refractivity contribution in [3.05, 3.63) is 83.4 Å². The number of methoxy groups -OCH3 is 1. The number of esters is 1. The highest BCUT2D eigenvalue weighted by molar-refractivity contribution is 5.99. The summed E-state index contributed by atoms with van der Waals surface area (Å²) in [7, 11) is 1.29. The van der Waals surface area contributed by atoms with Gasteiger partial charge in [-0.05, 0) is 70.4 Å². The Hall–Kier alpha value is -4.93. The van der Waals surface area contributed by atoms with Gasteiger partial charge in [0.15, 0.2) is 0 Å². The summed E-state index contributed by atoms with van der Waals surface area (Å²) in [6, 6.07) is 16.2. The number of benzene rings is 2. The summed E-state index contributed by atoms with van der Waals surface area (Å²) in [4.78, 5) is 41.1. The van der Waals surface area contributed by atoms with Gasteiger partial charge in [0, 0.05) is 36.2 Å². The first-order chi connectivity index (χ1) is 21.9. The molecular weight excluding hydrogens is 588 g/mol. The van der Waals surface area contributed by atoms with Gasteiger partial charge in [0.1, 0.15) is 22.5 Å². The molecule has 0 spiro atoms. The van der Waals surface area contributed by atoms with Crippen molar-refractivity contribution in [1.82, 2.24) is 20.4 Å². The van der Waals surface area contributed by atoms with Crippen LogP contribution in [0.2, 0.25) is 0 Å². The van der Waals surface area contributed by atoms with Gasteiger partial charge in [0.25, 0.3) is 5.91 Å². The van der Waals surface area contributed by atoms with E-state index < -0.39 is 23.2 Å². The van der Waals surface area contributed by atoms with Gasteiger partial charge >= 0.3 is 12.1 Å². The van der Waals surface area contributed by atoms with Gasteiger partial charge in [0.05, 0.1) is 13.4 Å². The lowest BCUT2D eigenvalue weighted by Gasteiger charge is -2.29. The van der Waals surface area contributed by atoms with Crippen molar-refractivity contribution >= 4 is 18.0 Å². The number of hydrogen-bond donors (Lipinski definition) is 1. The molecule has 0 saturated heterocycles. The van der Waals surface area contributed by atoms with E-state index in [1.165, 1.54) is 19.4 Å². The molecule has 2 heterocycles. The number of hydrogen-bond acceptors (Lipinski definition) is 9. The fourth-order valence-electron chi connectivity index (χ4n) is 5.12. The predicted octanol–water partition coefficient (Wildman–Crippen LogP) is 7.03. The monoisotopic (exact) mass is 630 g/mol. The molecule has 11 nitrogen and oxygen atoms in total. The van der Waals surface area contributed by atoms with E-state index in [1.54, 1.807) is 50.8 Å². The maximum Gasteiger partial charge on any atom is 0.408 e. The van der Waals surface area contributed by atoms with Gasteiger partial charge in [-0.15, -0.1) is 10.2 Å². The van der Waals surface area contributed by atoms with Crippen molar-refractivity contribution in [2.24, 2.45) is 0 Å². The minimum atomic E-state index is -1.15. The average Bonchev–Trinajstić information content (AvgIpc) is 3.71. The first kappa shape index (κ1) is 34.0. The first-order valence-corrected chi connectivity index (χ1v) is 15.4. The van der Waals surface area contributed by atoms with Gasteiger partial charge in [0.2, 0.25) is 11.8 Å². The van der Waals surface area contributed by atoms with Crippen molar-refractivity contribution in [2.75, 3.05) is 20.2 Å². The van der Waals surface area contributed by atoms with Crippen molar-refractivity contribution in [1.29, 1.82) is 0 Å². The minimum absolute atomic E-state index is 0.111. The highest BCUT2D eigenvalue weighted by Crippen LogP contribution is 2.33. The molecule has 0 bridgehead atoms. The lowest BCUT2D eigenvalue weighted by molar-refractivity contribution is 0.0442. The van der Waals surface area contributed by atoms with Gasteiger partial charge in [-0.1, -0.05) is 44.2 Å². The summed E-state index contributed by atoms with van der Waals surface area (Å²) < 4.78 is 22.5. The topological polar surface area (TPSA) is 137 Å². The number of carbonyl (C=O) groups is 3. The molecule has 1 N–H and O–H groups in total. The molecule has 4 rings (SSSR count). The van der Waals surface area contributed by atoms with E-state index in [2.05, 4.69) is 15.5 Å². The number of alkyl carbamates (subject to hydrolysis) is 1. The number of carbonyl (C=O) groups excluding carboxylic acids is 3. The molecule has 46 heavy (non-hydrogen) atoms. The number of aromatic nitrogens is 2. The van der Waals surface area contributed by atoms with Crippen LogP contribution in [0, 0.1) is 0 Å². The predicted molar refractivity (Wildman–Crippen MR) is 172 cm³/mol. The van der Waals surface area contributed by atoms with E-state index in [-0.39, 0.29) is 29.0 Å². The molecule has 11 heteroatoms. The van der Waals surface area contributed by atoms with Gasteiger partial charge in [-0.2, -0.15) is 0 Å². The molecule has 1 unspecified atom stereocenters. The van der Waals surface area contributed by atoms with Crippen LogP contribution in [-0.2, 0) is 21.4 Å². The van der Waals surface area contributed by atoms with E-state index >= 15 is 0 Å². The van der Waals surface area contributed by atoms with E-state index in [9.17, 15) is 14.4 Å². The van der Waals surface area contributed by atoms with Crippen LogP contribution in [0.5, 0.6) is 0 Å². The number of nitrogens with one attached hydrogen (secondary N) is 1. The fourth-order valence-corrected chi connectivity index (χ4v) is 5.12. The molecule has 0 radical (unpaired) electrons. The Labute approximate surface area is 269 Å². The summed E-state index contributed by atoms with van der Waals surface area (Å²) >= 11 is 0. The zero-order valence-electron chi connectivity index (χ0n) is 27.5. The smallest absolute Gasteiger partial charge is 0.408 e. The maximum atomic E-state index is 13.8. The molecule has 2 aromatic heterocycles. The minimum Gasteiger partial charge on any atom is -0.465 e. The summed E-state index contributed by atoms with van der Waals surface area (Å²) in [6.45, 7) is 12.3. The van der Waals surface area contributed by atoms with Gasteiger partial charge in [-0.25, -0.2) is 9.59 Å². The van der Waals surface area contributed by atoms with Crippen LogP contribution in [0.15, 0.2) is 69.7 Å². The number of ether oxygens (including phenoxy) is 2. The maximum absolute atomic E-state index is 13.8. The zero-order chi connectivity index (χ0) is 33.5. The average molecular weight is 631 g/mol. The summed E-state index contributed by atoms with van der Waals surface area (Å²) in [5, 5.41) is 11.6. The van der Waals surface area contributed by atoms with Crippen molar-refractivity contribution in [3.63, 3.8) is 0 Å². The van der Waals surface area contributed by atoms with E-state index in [4.69, 9.17) is 18.3 Å². The standard InChI is InChI=1S/C35H42N4O7/c1-8-16-39(17-9-2)30(40)26-20-24(28-27(15-18-44-28)31(41)43-7)19-25(21-26)29-37-38-32(45-29)35(6,22-23-13-11-10-12-14-23)36-33(42)46-34(3,4)5/h10-15,18-21H,8-9,16-17,22H2,1-7H3,(H,36,42). The molecular formula is C35H42N4O7. The van der Waals surface area contributed by atoms with Crippen LogP contribution < -0.4 is 5.32 Å². The molecule has 0 fully saturated rings. The third-order valence-electron chi connectivity index (χ3n) is 7.11. The fraction of sp³-hybridized carbons (Fsp3) is 0.400. The summed E-state index contributed by atoms with van der Waals surface area (Å²) in [6.07, 6.45) is 2.66. The Kier molecular flexibility index (Phi) is 10.7. The summed E-state index contributed by atoms with van der Waals surface area (Å²) in [5.74, 6) is -0.272. The Morgan fingerprint density at radius 2 is 1.59 bits per heavy atom. The molecule has 0 aliphatic heterocycles. The van der Waals surface area contributed by atoms with Crippen LogP contribution in [-0.4, -0.2) is 58.9 Å². The number of furan rings is 1. The Bertz CT molecular complexity index is 1650. The second-order valence-electron chi connectivity index (χ2n) is 12.3. The normalized spacial score (nSPS) is 12.7. The molecule has 244 valence electrons. The quantitative estimate of drug-likeness (QED) is 0.164. The van der Waals surface area contributed by atoms with Crippen LogP contribution in [0.1, 0.15) is 86.6 Å². The number of amides is 2. The Morgan fingerprint density at radius 3 is 2.22 bits per heavy atom. The second kappa shape index (κ2) is 14.4. The Balaban J connectivity index is 1.82. The second-order valence-corrected chi connectivity index (χ2v) is 12.3. The lowest BCUT2D eigenvalue weighted by Crippen LogP contribution is -2.47. The van der Waals surface area contributed by atoms with Crippen LogP contribution in [0.25, 0.3) is 22.8 Å². The summed E-state index contributed by atoms with van der Waals surface area (Å²) in [5.41, 5.74) is 0.510. The van der Waals surface area contributed by atoms with Gasteiger partial charge < -0.3 is 28.5 Å². The molecule has 0 saturated carbocycles. The van der Waals surface area contributed by atoms with Crippen LogP contribution >= 0.6 is 0 Å².